The van der Waals surface area contributed by atoms with E-state index in [2.05, 4.69) is 76.7 Å². The third-order valence-corrected chi connectivity index (χ3v) is 5.01. The minimum absolute atomic E-state index is 0.583. The van der Waals surface area contributed by atoms with Gasteiger partial charge in [-0.3, -0.25) is 0 Å². The Balaban J connectivity index is 1.78. The predicted molar refractivity (Wildman–Crippen MR) is 93.0 cm³/mol. The Hall–Kier alpha value is -0.390. The first-order valence-corrected chi connectivity index (χ1v) is 8.68. The third kappa shape index (κ3) is 5.24. The summed E-state index contributed by atoms with van der Waals surface area (Å²) >= 11 is 4.22. The lowest BCUT2D eigenvalue weighted by atomic mass is 10.0. The van der Waals surface area contributed by atoms with Crippen LogP contribution in [0.25, 0.3) is 0 Å². The van der Waals surface area contributed by atoms with Crippen LogP contribution in [-0.2, 0) is 12.8 Å². The van der Waals surface area contributed by atoms with Gasteiger partial charge in [-0.25, -0.2) is 0 Å². The van der Waals surface area contributed by atoms with E-state index >= 15 is 0 Å². The minimum Gasteiger partial charge on any atom is -0.317 e. The number of hydrogen-bond donors (Lipinski definition) is 1. The molecule has 1 aromatic carbocycles. The average Bonchev–Trinajstić information content (AvgIpc) is 2.93. The van der Waals surface area contributed by atoms with Gasteiger partial charge in [0.2, 0.25) is 0 Å². The molecular weight excluding hydrogens is 365 g/mol. The summed E-state index contributed by atoms with van der Waals surface area (Å²) in [6, 6.07) is 13.8. The van der Waals surface area contributed by atoms with Gasteiger partial charge in [-0.1, -0.05) is 18.2 Å². The molecule has 0 saturated carbocycles. The molecule has 0 fully saturated rings. The van der Waals surface area contributed by atoms with Gasteiger partial charge in [-0.2, -0.15) is 0 Å². The zero-order chi connectivity index (χ0) is 13.5. The van der Waals surface area contributed by atoms with Gasteiger partial charge >= 0.3 is 0 Å². The standard InChI is InChI=1S/C16H20INS/c1-18-15(4-2-5-16-6-3-11-19-16)12-13-7-9-14(17)10-8-13/h3,6-11,15,18H,2,4-5,12H2,1H3. The van der Waals surface area contributed by atoms with E-state index in [4.69, 9.17) is 0 Å². The van der Waals surface area contributed by atoms with E-state index in [1.54, 1.807) is 0 Å². The second-order valence-electron chi connectivity index (χ2n) is 4.79. The van der Waals surface area contributed by atoms with Crippen molar-refractivity contribution >= 4 is 33.9 Å². The number of benzene rings is 1. The zero-order valence-electron chi connectivity index (χ0n) is 11.2. The van der Waals surface area contributed by atoms with Crippen LogP contribution in [0.2, 0.25) is 0 Å². The quantitative estimate of drug-likeness (QED) is 0.692. The van der Waals surface area contributed by atoms with E-state index in [0.717, 1.165) is 6.42 Å². The molecule has 1 aromatic heterocycles. The molecule has 0 bridgehead atoms. The zero-order valence-corrected chi connectivity index (χ0v) is 14.2. The van der Waals surface area contributed by atoms with Crippen LogP contribution in [0.15, 0.2) is 41.8 Å². The molecule has 1 nitrogen and oxygen atoms in total. The van der Waals surface area contributed by atoms with Crippen LogP contribution in [0.3, 0.4) is 0 Å². The molecule has 0 radical (unpaired) electrons. The van der Waals surface area contributed by atoms with Crippen LogP contribution >= 0.6 is 33.9 Å². The lowest BCUT2D eigenvalue weighted by Crippen LogP contribution is -2.27. The molecular formula is C16H20INS. The van der Waals surface area contributed by atoms with Crippen molar-refractivity contribution in [3.63, 3.8) is 0 Å². The molecule has 19 heavy (non-hydrogen) atoms. The molecule has 1 N–H and O–H groups in total. The molecule has 0 aliphatic rings. The SMILES string of the molecule is CNC(CCCc1cccs1)Cc1ccc(I)cc1. The molecule has 102 valence electrons. The molecule has 1 unspecified atom stereocenters. The maximum absolute atomic E-state index is 3.45. The lowest BCUT2D eigenvalue weighted by Gasteiger charge is -2.16. The van der Waals surface area contributed by atoms with Crippen LogP contribution in [0, 0.1) is 3.57 Å². The summed E-state index contributed by atoms with van der Waals surface area (Å²) in [6.45, 7) is 0. The highest BCUT2D eigenvalue weighted by Gasteiger charge is 2.07. The summed E-state index contributed by atoms with van der Waals surface area (Å²) in [6.07, 6.45) is 4.83. The lowest BCUT2D eigenvalue weighted by molar-refractivity contribution is 0.503. The second-order valence-corrected chi connectivity index (χ2v) is 7.07. The molecule has 0 aliphatic carbocycles. The van der Waals surface area contributed by atoms with Crippen molar-refractivity contribution in [3.8, 4) is 0 Å². The predicted octanol–water partition coefficient (Wildman–Crippen LogP) is 4.51. The van der Waals surface area contributed by atoms with Crippen molar-refractivity contribution in [2.45, 2.75) is 31.7 Å². The average molecular weight is 385 g/mol. The number of rotatable bonds is 7. The Morgan fingerprint density at radius 2 is 2.00 bits per heavy atom. The molecule has 0 saturated heterocycles. The van der Waals surface area contributed by atoms with Crippen molar-refractivity contribution in [3.05, 3.63) is 55.8 Å². The fourth-order valence-electron chi connectivity index (χ4n) is 2.23. The van der Waals surface area contributed by atoms with Gasteiger partial charge < -0.3 is 5.32 Å². The largest absolute Gasteiger partial charge is 0.317 e. The third-order valence-electron chi connectivity index (χ3n) is 3.36. The van der Waals surface area contributed by atoms with Gasteiger partial charge in [-0.05, 0) is 84.5 Å². The van der Waals surface area contributed by atoms with E-state index in [9.17, 15) is 0 Å². The highest BCUT2D eigenvalue weighted by molar-refractivity contribution is 14.1. The monoisotopic (exact) mass is 385 g/mol. The highest BCUT2D eigenvalue weighted by Crippen LogP contribution is 2.15. The first-order chi connectivity index (χ1) is 9.28. The van der Waals surface area contributed by atoms with Gasteiger partial charge in [-0.15, -0.1) is 11.3 Å². The van der Waals surface area contributed by atoms with Crippen molar-refractivity contribution in [1.29, 1.82) is 0 Å². The summed E-state index contributed by atoms with van der Waals surface area (Å²) in [5, 5.41) is 5.61. The van der Waals surface area contributed by atoms with E-state index in [-0.39, 0.29) is 0 Å². The fraction of sp³-hybridized carbons (Fsp3) is 0.375. The van der Waals surface area contributed by atoms with Crippen LogP contribution < -0.4 is 5.32 Å². The van der Waals surface area contributed by atoms with Crippen molar-refractivity contribution in [1.82, 2.24) is 5.32 Å². The Kier molecular flexibility index (Phi) is 6.34. The summed E-state index contributed by atoms with van der Waals surface area (Å²) < 4.78 is 1.31. The number of halogens is 1. The summed E-state index contributed by atoms with van der Waals surface area (Å²) in [5.74, 6) is 0. The van der Waals surface area contributed by atoms with Crippen molar-refractivity contribution in [2.24, 2.45) is 0 Å². The Bertz CT molecular complexity index is 464. The smallest absolute Gasteiger partial charge is 0.0130 e. The van der Waals surface area contributed by atoms with Crippen LogP contribution in [0.1, 0.15) is 23.3 Å². The summed E-state index contributed by atoms with van der Waals surface area (Å²) in [5.41, 5.74) is 1.43. The molecule has 3 heteroatoms. The molecule has 2 aromatic rings. The summed E-state index contributed by atoms with van der Waals surface area (Å²) in [4.78, 5) is 1.50. The van der Waals surface area contributed by atoms with E-state index < -0.39 is 0 Å². The molecule has 0 aliphatic heterocycles. The Morgan fingerprint density at radius 1 is 1.21 bits per heavy atom. The van der Waals surface area contributed by atoms with Crippen molar-refractivity contribution in [2.75, 3.05) is 7.05 Å². The minimum atomic E-state index is 0.583. The van der Waals surface area contributed by atoms with Gasteiger partial charge in [0.05, 0.1) is 0 Å². The van der Waals surface area contributed by atoms with Crippen LogP contribution in [-0.4, -0.2) is 13.1 Å². The summed E-state index contributed by atoms with van der Waals surface area (Å²) in [7, 11) is 2.07. The molecule has 0 spiro atoms. The van der Waals surface area contributed by atoms with Gasteiger partial charge in [0, 0.05) is 14.5 Å². The fourth-order valence-corrected chi connectivity index (χ4v) is 3.34. The Labute approximate surface area is 133 Å². The first kappa shape index (κ1) is 15.0. The molecule has 1 heterocycles. The Morgan fingerprint density at radius 3 is 2.63 bits per heavy atom. The second kappa shape index (κ2) is 8.02. The van der Waals surface area contributed by atoms with Gasteiger partial charge in [0.1, 0.15) is 0 Å². The highest BCUT2D eigenvalue weighted by atomic mass is 127. The number of nitrogens with one attached hydrogen (secondary N) is 1. The maximum Gasteiger partial charge on any atom is 0.0130 e. The molecule has 1 atom stereocenters. The topological polar surface area (TPSA) is 12.0 Å². The van der Waals surface area contributed by atoms with Crippen LogP contribution in [0.4, 0.5) is 0 Å². The van der Waals surface area contributed by atoms with E-state index in [1.807, 2.05) is 11.3 Å². The van der Waals surface area contributed by atoms with Crippen molar-refractivity contribution < 1.29 is 0 Å². The normalized spacial score (nSPS) is 12.5. The van der Waals surface area contributed by atoms with Gasteiger partial charge in [0.25, 0.3) is 0 Å². The maximum atomic E-state index is 3.45. The molecule has 2 rings (SSSR count). The van der Waals surface area contributed by atoms with Crippen LogP contribution in [0.5, 0.6) is 0 Å². The van der Waals surface area contributed by atoms with Gasteiger partial charge in [0.15, 0.2) is 0 Å². The number of thiophene rings is 1. The molecule has 0 amide bonds. The first-order valence-electron chi connectivity index (χ1n) is 6.72. The number of aryl methyl sites for hydroxylation is 1. The van der Waals surface area contributed by atoms with E-state index in [1.165, 1.54) is 33.3 Å². The number of likely N-dealkylation sites (N-methyl/N-ethyl adjacent to an activating group) is 1. The van der Waals surface area contributed by atoms with E-state index in [0.29, 0.717) is 6.04 Å². The number of hydrogen-bond acceptors (Lipinski definition) is 2.